The fourth-order valence-corrected chi connectivity index (χ4v) is 5.74. The zero-order chi connectivity index (χ0) is 24.3. The number of carbonyl (C=O) groups is 1. The summed E-state index contributed by atoms with van der Waals surface area (Å²) in [6.07, 6.45) is 3.60. The van der Waals surface area contributed by atoms with Crippen molar-refractivity contribution in [3.8, 4) is 11.3 Å². The van der Waals surface area contributed by atoms with Gasteiger partial charge in [0.1, 0.15) is 5.82 Å². The molecule has 1 aliphatic heterocycles. The van der Waals surface area contributed by atoms with Gasteiger partial charge in [0.25, 0.3) is 0 Å². The van der Waals surface area contributed by atoms with Crippen molar-refractivity contribution in [2.45, 2.75) is 44.4 Å². The Balaban J connectivity index is 1.46. The van der Waals surface area contributed by atoms with Crippen LogP contribution in [0.15, 0.2) is 58.0 Å². The van der Waals surface area contributed by atoms with E-state index < -0.39 is 10.0 Å². The number of aryl methyl sites for hydroxylation is 2. The Hall–Kier alpha value is -3.04. The first kappa shape index (κ1) is 24.1. The monoisotopic (exact) mass is 485 g/mol. The number of anilines is 1. The molecule has 0 atom stereocenters. The summed E-state index contributed by atoms with van der Waals surface area (Å²) in [7, 11) is -3.55. The Morgan fingerprint density at radius 1 is 1.15 bits per heavy atom. The molecule has 2 heterocycles. The molecule has 9 heteroatoms. The molecule has 7 nitrogen and oxygen atoms in total. The van der Waals surface area contributed by atoms with Crippen molar-refractivity contribution in [1.82, 2.24) is 9.29 Å². The highest BCUT2D eigenvalue weighted by molar-refractivity contribution is 7.89. The van der Waals surface area contributed by atoms with Crippen molar-refractivity contribution in [1.29, 1.82) is 0 Å². The van der Waals surface area contributed by atoms with Crippen molar-refractivity contribution in [2.75, 3.05) is 24.5 Å². The van der Waals surface area contributed by atoms with Gasteiger partial charge in [-0.1, -0.05) is 13.8 Å². The normalized spacial score (nSPS) is 13.8. The lowest BCUT2D eigenvalue weighted by atomic mass is 10.0. The number of hydrogen-bond acceptors (Lipinski definition) is 5. The quantitative estimate of drug-likeness (QED) is 0.472. The maximum atomic E-state index is 13.1. The summed E-state index contributed by atoms with van der Waals surface area (Å²) in [4.78, 5) is 19.2. The zero-order valence-electron chi connectivity index (χ0n) is 19.3. The van der Waals surface area contributed by atoms with Gasteiger partial charge in [-0.05, 0) is 60.9 Å². The number of halogens is 1. The van der Waals surface area contributed by atoms with Crippen LogP contribution >= 0.6 is 0 Å². The minimum Gasteiger partial charge on any atom is -0.441 e. The van der Waals surface area contributed by atoms with Crippen molar-refractivity contribution in [3.63, 3.8) is 0 Å². The number of rotatable bonds is 8. The third-order valence-electron chi connectivity index (χ3n) is 6.05. The summed E-state index contributed by atoms with van der Waals surface area (Å²) in [5, 5.41) is 0. The summed E-state index contributed by atoms with van der Waals surface area (Å²) >= 11 is 0. The van der Waals surface area contributed by atoms with Gasteiger partial charge in [0.15, 0.2) is 11.7 Å². The Morgan fingerprint density at radius 2 is 1.88 bits per heavy atom. The van der Waals surface area contributed by atoms with Gasteiger partial charge in [0.2, 0.25) is 15.9 Å². The molecule has 0 fully saturated rings. The molecular formula is C25H28FN3O4S. The van der Waals surface area contributed by atoms with Crippen molar-refractivity contribution in [2.24, 2.45) is 0 Å². The molecule has 180 valence electrons. The van der Waals surface area contributed by atoms with Crippen LogP contribution < -0.4 is 4.90 Å². The number of sulfonamides is 1. The Labute approximate surface area is 199 Å². The van der Waals surface area contributed by atoms with Gasteiger partial charge in [0, 0.05) is 43.7 Å². The van der Waals surface area contributed by atoms with E-state index in [1.54, 1.807) is 41.4 Å². The number of amides is 1. The number of hydrogen-bond donors (Lipinski definition) is 0. The van der Waals surface area contributed by atoms with E-state index in [0.717, 1.165) is 24.1 Å². The van der Waals surface area contributed by atoms with Crippen LogP contribution in [-0.4, -0.2) is 43.2 Å². The van der Waals surface area contributed by atoms with E-state index in [1.165, 1.54) is 16.4 Å². The van der Waals surface area contributed by atoms with Crippen LogP contribution in [0.1, 0.15) is 38.1 Å². The lowest BCUT2D eigenvalue weighted by Crippen LogP contribution is -2.36. The van der Waals surface area contributed by atoms with E-state index in [-0.39, 0.29) is 23.0 Å². The first-order chi connectivity index (χ1) is 16.3. The molecule has 0 saturated heterocycles. The van der Waals surface area contributed by atoms with E-state index in [0.29, 0.717) is 43.3 Å². The molecule has 0 unspecified atom stereocenters. The number of oxazole rings is 1. The number of aromatic nitrogens is 1. The summed E-state index contributed by atoms with van der Waals surface area (Å²) in [6, 6.07) is 11.0. The molecular weight excluding hydrogens is 457 g/mol. The van der Waals surface area contributed by atoms with Gasteiger partial charge in [-0.25, -0.2) is 17.8 Å². The van der Waals surface area contributed by atoms with Crippen molar-refractivity contribution < 1.29 is 22.0 Å². The van der Waals surface area contributed by atoms with Crippen LogP contribution in [0.3, 0.4) is 0 Å². The molecule has 4 rings (SSSR count). The Morgan fingerprint density at radius 3 is 2.59 bits per heavy atom. The second-order valence-electron chi connectivity index (χ2n) is 8.15. The topological polar surface area (TPSA) is 83.7 Å². The van der Waals surface area contributed by atoms with Crippen molar-refractivity contribution in [3.05, 3.63) is 65.9 Å². The van der Waals surface area contributed by atoms with E-state index in [1.807, 2.05) is 13.8 Å². The average molecular weight is 486 g/mol. The molecule has 0 spiro atoms. The van der Waals surface area contributed by atoms with Gasteiger partial charge in [-0.3, -0.25) is 4.79 Å². The SMILES string of the molecule is CCN(CC)S(=O)(=O)c1ccc2c(c1)CCCN2C(=O)CCc1ncc(-c2ccc(F)cc2)o1. The third-order valence-corrected chi connectivity index (χ3v) is 8.09. The van der Waals surface area contributed by atoms with Gasteiger partial charge >= 0.3 is 0 Å². The average Bonchev–Trinajstić information content (AvgIpc) is 3.32. The van der Waals surface area contributed by atoms with Gasteiger partial charge in [-0.2, -0.15) is 4.31 Å². The molecule has 34 heavy (non-hydrogen) atoms. The molecule has 0 saturated carbocycles. The highest BCUT2D eigenvalue weighted by Crippen LogP contribution is 2.31. The lowest BCUT2D eigenvalue weighted by Gasteiger charge is -2.30. The molecule has 0 aliphatic carbocycles. The van der Waals surface area contributed by atoms with Gasteiger partial charge < -0.3 is 9.32 Å². The molecule has 3 aromatic rings. The number of fused-ring (bicyclic) bond motifs is 1. The number of benzene rings is 2. The summed E-state index contributed by atoms with van der Waals surface area (Å²) in [5.74, 6) is 0.564. The highest BCUT2D eigenvalue weighted by Gasteiger charge is 2.27. The summed E-state index contributed by atoms with van der Waals surface area (Å²) < 4.78 is 46.1. The standard InChI is InChI=1S/C25H28FN3O4S/c1-3-28(4-2)34(31,32)21-11-12-22-19(16-21)6-5-15-29(22)25(30)14-13-24-27-17-23(33-24)18-7-9-20(26)10-8-18/h7-12,16-17H,3-6,13-15H2,1-2H3. The molecule has 1 amide bonds. The predicted molar refractivity (Wildman–Crippen MR) is 127 cm³/mol. The van der Waals surface area contributed by atoms with E-state index in [2.05, 4.69) is 4.98 Å². The van der Waals surface area contributed by atoms with Crippen LogP contribution in [0.4, 0.5) is 10.1 Å². The molecule has 1 aromatic heterocycles. The third kappa shape index (κ3) is 4.90. The largest absolute Gasteiger partial charge is 0.441 e. The van der Waals surface area contributed by atoms with Crippen molar-refractivity contribution >= 4 is 21.6 Å². The fraction of sp³-hybridized carbons (Fsp3) is 0.360. The Bertz CT molecular complexity index is 1270. The summed E-state index contributed by atoms with van der Waals surface area (Å²) in [6.45, 7) is 5.03. The molecule has 0 radical (unpaired) electrons. The first-order valence-electron chi connectivity index (χ1n) is 11.5. The van der Waals surface area contributed by atoms with E-state index in [9.17, 15) is 17.6 Å². The van der Waals surface area contributed by atoms with Crippen LogP contribution in [0, 0.1) is 5.82 Å². The van der Waals surface area contributed by atoms with Gasteiger partial charge in [-0.15, -0.1) is 0 Å². The number of carbonyl (C=O) groups excluding carboxylic acids is 1. The second kappa shape index (κ2) is 10.1. The smallest absolute Gasteiger partial charge is 0.243 e. The molecule has 1 aliphatic rings. The zero-order valence-corrected chi connectivity index (χ0v) is 20.1. The minimum absolute atomic E-state index is 0.0677. The van der Waals surface area contributed by atoms with Crippen LogP contribution in [0.2, 0.25) is 0 Å². The molecule has 0 bridgehead atoms. The predicted octanol–water partition coefficient (Wildman–Crippen LogP) is 4.42. The van der Waals surface area contributed by atoms with Crippen LogP contribution in [0.25, 0.3) is 11.3 Å². The first-order valence-corrected chi connectivity index (χ1v) is 12.9. The minimum atomic E-state index is -3.55. The molecule has 0 N–H and O–H groups in total. The van der Waals surface area contributed by atoms with E-state index >= 15 is 0 Å². The second-order valence-corrected chi connectivity index (χ2v) is 10.1. The maximum Gasteiger partial charge on any atom is 0.243 e. The summed E-state index contributed by atoms with van der Waals surface area (Å²) in [5.41, 5.74) is 2.34. The van der Waals surface area contributed by atoms with Crippen LogP contribution in [-0.2, 0) is 27.7 Å². The lowest BCUT2D eigenvalue weighted by molar-refractivity contribution is -0.118. The molecule has 2 aromatic carbocycles. The highest BCUT2D eigenvalue weighted by atomic mass is 32.2. The number of nitrogens with zero attached hydrogens (tertiary/aromatic N) is 3. The maximum absolute atomic E-state index is 13.1. The van der Waals surface area contributed by atoms with Gasteiger partial charge in [0.05, 0.1) is 11.1 Å². The Kier molecular flexibility index (Phi) is 7.13. The van der Waals surface area contributed by atoms with E-state index in [4.69, 9.17) is 4.42 Å². The van der Waals surface area contributed by atoms with Crippen LogP contribution in [0.5, 0.6) is 0 Å². The fourth-order valence-electron chi connectivity index (χ4n) is 4.23.